The van der Waals surface area contributed by atoms with E-state index >= 15 is 0 Å². The summed E-state index contributed by atoms with van der Waals surface area (Å²) in [4.78, 5) is 18.0. The SMILES string of the molecule is Cn1c(C(=O)N2CCN(Cc3ccc(Cl)cc3)CC2)cc(-c2ccccc2Cl)c1-c1ccc(Cl)cc1. The molecule has 1 fully saturated rings. The van der Waals surface area contributed by atoms with E-state index in [4.69, 9.17) is 34.8 Å². The van der Waals surface area contributed by atoms with E-state index in [9.17, 15) is 4.79 Å². The summed E-state index contributed by atoms with van der Waals surface area (Å²) >= 11 is 18.7. The molecule has 1 saturated heterocycles. The van der Waals surface area contributed by atoms with E-state index in [1.165, 1.54) is 5.56 Å². The Labute approximate surface area is 226 Å². The van der Waals surface area contributed by atoms with E-state index in [0.29, 0.717) is 28.8 Å². The number of hydrogen-bond acceptors (Lipinski definition) is 2. The summed E-state index contributed by atoms with van der Waals surface area (Å²) in [6, 6.07) is 25.3. The van der Waals surface area contributed by atoms with Gasteiger partial charge >= 0.3 is 0 Å². The van der Waals surface area contributed by atoms with E-state index in [-0.39, 0.29) is 5.91 Å². The third-order valence-electron chi connectivity index (χ3n) is 6.71. The Kier molecular flexibility index (Phi) is 7.40. The molecule has 1 aliphatic heterocycles. The molecule has 0 N–H and O–H groups in total. The van der Waals surface area contributed by atoms with Gasteiger partial charge in [0.15, 0.2) is 0 Å². The van der Waals surface area contributed by atoms with Crippen molar-refractivity contribution >= 4 is 40.7 Å². The molecule has 3 aromatic carbocycles. The van der Waals surface area contributed by atoms with Crippen LogP contribution in [0.25, 0.3) is 22.4 Å². The van der Waals surface area contributed by atoms with E-state index in [1.54, 1.807) is 0 Å². The molecule has 4 aromatic rings. The van der Waals surface area contributed by atoms with Crippen molar-refractivity contribution in [2.75, 3.05) is 26.2 Å². The first-order valence-electron chi connectivity index (χ1n) is 11.9. The fourth-order valence-corrected chi connectivity index (χ4v) is 5.26. The van der Waals surface area contributed by atoms with Gasteiger partial charge in [-0.25, -0.2) is 0 Å². The minimum atomic E-state index is 0.0251. The van der Waals surface area contributed by atoms with Crippen molar-refractivity contribution in [2.45, 2.75) is 6.54 Å². The number of carbonyl (C=O) groups is 1. The van der Waals surface area contributed by atoms with Crippen LogP contribution in [0.15, 0.2) is 78.9 Å². The van der Waals surface area contributed by atoms with E-state index < -0.39 is 0 Å². The van der Waals surface area contributed by atoms with Gasteiger partial charge in [0, 0.05) is 66.0 Å². The van der Waals surface area contributed by atoms with E-state index in [0.717, 1.165) is 47.0 Å². The predicted molar refractivity (Wildman–Crippen MR) is 149 cm³/mol. The van der Waals surface area contributed by atoms with Gasteiger partial charge in [0.25, 0.3) is 5.91 Å². The Bertz CT molecular complexity index is 1370. The van der Waals surface area contributed by atoms with Crippen LogP contribution in [0.3, 0.4) is 0 Å². The number of hydrogen-bond donors (Lipinski definition) is 0. The summed E-state index contributed by atoms with van der Waals surface area (Å²) in [5.74, 6) is 0.0251. The first kappa shape index (κ1) is 24.9. The Hall–Kier alpha value is -2.76. The molecule has 0 radical (unpaired) electrons. The Morgan fingerprint density at radius 3 is 2.03 bits per heavy atom. The highest BCUT2D eigenvalue weighted by Crippen LogP contribution is 2.38. The Morgan fingerprint density at radius 2 is 1.39 bits per heavy atom. The second-order valence-electron chi connectivity index (χ2n) is 9.03. The number of amides is 1. The van der Waals surface area contributed by atoms with Crippen LogP contribution in [0.1, 0.15) is 16.1 Å². The maximum absolute atomic E-state index is 13.7. The zero-order valence-corrected chi connectivity index (χ0v) is 22.2. The second-order valence-corrected chi connectivity index (χ2v) is 10.3. The number of carbonyl (C=O) groups excluding carboxylic acids is 1. The number of rotatable bonds is 5. The quantitative estimate of drug-likeness (QED) is 0.267. The lowest BCUT2D eigenvalue weighted by Crippen LogP contribution is -2.48. The maximum Gasteiger partial charge on any atom is 0.270 e. The highest BCUT2D eigenvalue weighted by Gasteiger charge is 2.27. The fraction of sp³-hybridized carbons (Fsp3) is 0.207. The van der Waals surface area contributed by atoms with Gasteiger partial charge < -0.3 is 9.47 Å². The molecule has 184 valence electrons. The van der Waals surface area contributed by atoms with Gasteiger partial charge in [-0.05, 0) is 47.5 Å². The van der Waals surface area contributed by atoms with Gasteiger partial charge in [-0.3, -0.25) is 9.69 Å². The third kappa shape index (κ3) is 5.18. The molecule has 0 bridgehead atoms. The molecule has 0 aliphatic carbocycles. The van der Waals surface area contributed by atoms with Gasteiger partial charge in [0.2, 0.25) is 0 Å². The number of piperazine rings is 1. The third-order valence-corrected chi connectivity index (χ3v) is 7.55. The Morgan fingerprint density at radius 1 is 0.778 bits per heavy atom. The normalized spacial score (nSPS) is 14.3. The summed E-state index contributed by atoms with van der Waals surface area (Å²) in [5, 5.41) is 2.05. The molecule has 4 nitrogen and oxygen atoms in total. The van der Waals surface area contributed by atoms with Crippen molar-refractivity contribution in [3.63, 3.8) is 0 Å². The number of benzene rings is 3. The Balaban J connectivity index is 1.41. The molecule has 0 saturated carbocycles. The van der Waals surface area contributed by atoms with Gasteiger partial charge in [-0.2, -0.15) is 0 Å². The molecule has 0 spiro atoms. The molecular weight excluding hydrogens is 513 g/mol. The zero-order chi connectivity index (χ0) is 25.2. The standard InChI is InChI=1S/C29H26Cl3N3O/c1-33-27(29(36)35-16-14-34(15-17-35)19-20-6-10-22(30)11-7-20)18-25(24-4-2-3-5-26(24)32)28(33)21-8-12-23(31)13-9-21/h2-13,18H,14-17,19H2,1H3. The summed E-state index contributed by atoms with van der Waals surface area (Å²) in [6.45, 7) is 3.84. The van der Waals surface area contributed by atoms with Crippen molar-refractivity contribution in [1.82, 2.24) is 14.4 Å². The molecular formula is C29H26Cl3N3O. The minimum Gasteiger partial charge on any atom is -0.339 e. The second kappa shape index (κ2) is 10.7. The van der Waals surface area contributed by atoms with Gasteiger partial charge in [0.05, 0.1) is 5.69 Å². The lowest BCUT2D eigenvalue weighted by atomic mass is 10.0. The molecule has 5 rings (SSSR count). The van der Waals surface area contributed by atoms with Crippen molar-refractivity contribution in [1.29, 1.82) is 0 Å². The highest BCUT2D eigenvalue weighted by molar-refractivity contribution is 6.33. The van der Waals surface area contributed by atoms with Crippen LogP contribution in [0, 0.1) is 0 Å². The van der Waals surface area contributed by atoms with E-state index in [2.05, 4.69) is 17.0 Å². The topological polar surface area (TPSA) is 28.5 Å². The largest absolute Gasteiger partial charge is 0.339 e. The molecule has 0 atom stereocenters. The van der Waals surface area contributed by atoms with Crippen LogP contribution in [0.4, 0.5) is 0 Å². The lowest BCUT2D eigenvalue weighted by molar-refractivity contribution is 0.0619. The van der Waals surface area contributed by atoms with Crippen LogP contribution in [0.2, 0.25) is 15.1 Å². The van der Waals surface area contributed by atoms with Crippen molar-refractivity contribution < 1.29 is 4.79 Å². The first-order chi connectivity index (χ1) is 17.4. The van der Waals surface area contributed by atoms with Gasteiger partial charge in [-0.15, -0.1) is 0 Å². The molecule has 0 unspecified atom stereocenters. The highest BCUT2D eigenvalue weighted by atomic mass is 35.5. The van der Waals surface area contributed by atoms with Gasteiger partial charge in [0.1, 0.15) is 5.69 Å². The van der Waals surface area contributed by atoms with Crippen molar-refractivity contribution in [2.24, 2.45) is 7.05 Å². The molecule has 1 amide bonds. The monoisotopic (exact) mass is 537 g/mol. The summed E-state index contributed by atoms with van der Waals surface area (Å²) < 4.78 is 1.98. The van der Waals surface area contributed by atoms with Gasteiger partial charge in [-0.1, -0.05) is 77.3 Å². The summed E-state index contributed by atoms with van der Waals surface area (Å²) in [7, 11) is 1.94. The average Bonchev–Trinajstić information content (AvgIpc) is 3.23. The average molecular weight is 539 g/mol. The molecule has 1 aromatic heterocycles. The van der Waals surface area contributed by atoms with Crippen molar-refractivity contribution in [3.05, 3.63) is 105 Å². The fourth-order valence-electron chi connectivity index (χ4n) is 4.77. The number of halogens is 3. The minimum absolute atomic E-state index is 0.0251. The molecule has 2 heterocycles. The van der Waals surface area contributed by atoms with Crippen LogP contribution in [-0.2, 0) is 13.6 Å². The molecule has 36 heavy (non-hydrogen) atoms. The summed E-state index contributed by atoms with van der Waals surface area (Å²) in [5.41, 5.74) is 5.59. The van der Waals surface area contributed by atoms with Crippen LogP contribution in [0.5, 0.6) is 0 Å². The summed E-state index contributed by atoms with van der Waals surface area (Å²) in [6.07, 6.45) is 0. The van der Waals surface area contributed by atoms with Crippen molar-refractivity contribution in [3.8, 4) is 22.4 Å². The predicted octanol–water partition coefficient (Wildman–Crippen LogP) is 7.28. The van der Waals surface area contributed by atoms with E-state index in [1.807, 2.05) is 83.2 Å². The smallest absolute Gasteiger partial charge is 0.270 e. The molecule has 7 heteroatoms. The maximum atomic E-state index is 13.7. The van der Waals surface area contributed by atoms with Crippen LogP contribution < -0.4 is 0 Å². The lowest BCUT2D eigenvalue weighted by Gasteiger charge is -2.34. The zero-order valence-electron chi connectivity index (χ0n) is 19.9. The number of nitrogens with zero attached hydrogens (tertiary/aromatic N) is 3. The molecule has 1 aliphatic rings. The van der Waals surface area contributed by atoms with Crippen LogP contribution >= 0.6 is 34.8 Å². The number of aromatic nitrogens is 1. The van der Waals surface area contributed by atoms with Crippen LogP contribution in [-0.4, -0.2) is 46.5 Å². The first-order valence-corrected chi connectivity index (χ1v) is 13.0.